The van der Waals surface area contributed by atoms with Gasteiger partial charge >= 0.3 is 12.4 Å². The standard InChI is InChI=1S/C32H17F6N3/c33-31(34,35)22-14-21(15-23(16-22)32(36,37)38)25-5-3-6-27-26-4-1-2-7-29(26)41(30(25)27)24-9-8-20(18-39)28(17-24)19-10-12-40-13-11-19/h1-17H. The van der Waals surface area contributed by atoms with E-state index in [1.165, 1.54) is 6.07 Å². The molecule has 3 nitrogen and oxygen atoms in total. The van der Waals surface area contributed by atoms with E-state index >= 15 is 0 Å². The summed E-state index contributed by atoms with van der Waals surface area (Å²) in [6.07, 6.45) is -6.78. The van der Waals surface area contributed by atoms with E-state index in [-0.39, 0.29) is 17.2 Å². The molecule has 0 unspecified atom stereocenters. The van der Waals surface area contributed by atoms with Gasteiger partial charge in [-0.05, 0) is 65.7 Å². The van der Waals surface area contributed by atoms with Gasteiger partial charge in [-0.25, -0.2) is 0 Å². The number of nitriles is 1. The van der Waals surface area contributed by atoms with Crippen molar-refractivity contribution in [3.05, 3.63) is 120 Å². The van der Waals surface area contributed by atoms with E-state index in [1.807, 2.05) is 18.2 Å². The first-order chi connectivity index (χ1) is 19.6. The number of para-hydroxylation sites is 2. The molecule has 2 aromatic heterocycles. The molecule has 0 fully saturated rings. The van der Waals surface area contributed by atoms with Gasteiger partial charge in [0.2, 0.25) is 0 Å². The fourth-order valence-electron chi connectivity index (χ4n) is 5.17. The minimum Gasteiger partial charge on any atom is -0.309 e. The van der Waals surface area contributed by atoms with Gasteiger partial charge in [0, 0.05) is 40.0 Å². The molecule has 9 heteroatoms. The summed E-state index contributed by atoms with van der Waals surface area (Å²) in [5.41, 5.74) is 0.651. The van der Waals surface area contributed by atoms with Crippen LogP contribution in [0.4, 0.5) is 26.3 Å². The second-order valence-electron chi connectivity index (χ2n) is 9.43. The zero-order chi connectivity index (χ0) is 28.9. The van der Waals surface area contributed by atoms with Crippen LogP contribution in [0.25, 0.3) is 49.7 Å². The first-order valence-electron chi connectivity index (χ1n) is 12.3. The lowest BCUT2D eigenvalue weighted by atomic mass is 9.97. The van der Waals surface area contributed by atoms with Gasteiger partial charge in [-0.2, -0.15) is 31.6 Å². The van der Waals surface area contributed by atoms with Gasteiger partial charge in [-0.1, -0.05) is 36.4 Å². The van der Waals surface area contributed by atoms with E-state index in [1.54, 1.807) is 65.5 Å². The molecule has 0 spiro atoms. The van der Waals surface area contributed by atoms with E-state index in [0.29, 0.717) is 33.2 Å². The molecule has 0 bridgehead atoms. The second kappa shape index (κ2) is 9.52. The minimum atomic E-state index is -4.98. The van der Waals surface area contributed by atoms with E-state index in [9.17, 15) is 31.6 Å². The van der Waals surface area contributed by atoms with Gasteiger partial charge in [-0.3, -0.25) is 4.98 Å². The van der Waals surface area contributed by atoms with Crippen LogP contribution in [-0.4, -0.2) is 9.55 Å². The first-order valence-corrected chi connectivity index (χ1v) is 12.3. The molecular weight excluding hydrogens is 540 g/mol. The Morgan fingerprint density at radius 3 is 1.95 bits per heavy atom. The summed E-state index contributed by atoms with van der Waals surface area (Å²) in [7, 11) is 0. The van der Waals surface area contributed by atoms with Crippen LogP contribution in [0.2, 0.25) is 0 Å². The van der Waals surface area contributed by atoms with Crippen LogP contribution in [0, 0.1) is 11.3 Å². The maximum absolute atomic E-state index is 13.8. The lowest BCUT2D eigenvalue weighted by Gasteiger charge is -2.17. The van der Waals surface area contributed by atoms with Gasteiger partial charge in [0.1, 0.15) is 0 Å². The Morgan fingerprint density at radius 2 is 1.29 bits per heavy atom. The molecule has 0 atom stereocenters. The number of benzene rings is 4. The average Bonchev–Trinajstić information content (AvgIpc) is 3.31. The lowest BCUT2D eigenvalue weighted by molar-refractivity contribution is -0.143. The molecule has 0 radical (unpaired) electrons. The van der Waals surface area contributed by atoms with Crippen molar-refractivity contribution in [2.45, 2.75) is 12.4 Å². The second-order valence-corrected chi connectivity index (χ2v) is 9.43. The Hall–Kier alpha value is -5.10. The zero-order valence-corrected chi connectivity index (χ0v) is 20.9. The molecule has 6 aromatic rings. The monoisotopic (exact) mass is 557 g/mol. The molecule has 2 heterocycles. The van der Waals surface area contributed by atoms with Crippen molar-refractivity contribution in [2.75, 3.05) is 0 Å². The summed E-state index contributed by atoms with van der Waals surface area (Å²) in [6.45, 7) is 0. The van der Waals surface area contributed by atoms with E-state index in [2.05, 4.69) is 11.1 Å². The fraction of sp³-hybridized carbons (Fsp3) is 0.0625. The number of aromatic nitrogens is 2. The van der Waals surface area contributed by atoms with Crippen LogP contribution in [0.15, 0.2) is 103 Å². The average molecular weight is 557 g/mol. The molecule has 202 valence electrons. The highest BCUT2D eigenvalue weighted by Crippen LogP contribution is 2.43. The highest BCUT2D eigenvalue weighted by molar-refractivity contribution is 6.13. The maximum atomic E-state index is 13.8. The smallest absolute Gasteiger partial charge is 0.309 e. The van der Waals surface area contributed by atoms with Gasteiger partial charge in [0.15, 0.2) is 0 Å². The van der Waals surface area contributed by atoms with Crippen LogP contribution in [-0.2, 0) is 12.4 Å². The summed E-state index contributed by atoms with van der Waals surface area (Å²) in [4.78, 5) is 4.03. The van der Waals surface area contributed by atoms with E-state index < -0.39 is 23.5 Å². The van der Waals surface area contributed by atoms with Crippen molar-refractivity contribution in [1.82, 2.24) is 9.55 Å². The van der Waals surface area contributed by atoms with Crippen molar-refractivity contribution in [1.29, 1.82) is 5.26 Å². The third-order valence-corrected chi connectivity index (χ3v) is 6.97. The van der Waals surface area contributed by atoms with Crippen LogP contribution in [0.3, 0.4) is 0 Å². The number of halogens is 6. The van der Waals surface area contributed by atoms with Crippen LogP contribution in [0.5, 0.6) is 0 Å². The quantitative estimate of drug-likeness (QED) is 0.204. The largest absolute Gasteiger partial charge is 0.416 e. The number of nitrogens with zero attached hydrogens (tertiary/aromatic N) is 3. The Kier molecular flexibility index (Phi) is 6.07. The van der Waals surface area contributed by atoms with Gasteiger partial charge in [-0.15, -0.1) is 0 Å². The van der Waals surface area contributed by atoms with E-state index in [0.717, 1.165) is 23.1 Å². The normalized spacial score (nSPS) is 12.1. The van der Waals surface area contributed by atoms with Gasteiger partial charge in [0.05, 0.1) is 33.8 Å². The Balaban J connectivity index is 1.71. The summed E-state index contributed by atoms with van der Waals surface area (Å²) in [5, 5.41) is 11.2. The molecule has 0 aliphatic carbocycles. The van der Waals surface area contributed by atoms with Crippen molar-refractivity contribution < 1.29 is 26.3 Å². The number of fused-ring (bicyclic) bond motifs is 3. The molecule has 0 N–H and O–H groups in total. The Morgan fingerprint density at radius 1 is 0.634 bits per heavy atom. The minimum absolute atomic E-state index is 0.126. The molecule has 0 aliphatic rings. The molecule has 6 rings (SSSR count). The molecule has 0 saturated carbocycles. The summed E-state index contributed by atoms with van der Waals surface area (Å²) < 4.78 is 84.3. The first kappa shape index (κ1) is 26.1. The molecule has 41 heavy (non-hydrogen) atoms. The van der Waals surface area contributed by atoms with Crippen molar-refractivity contribution >= 4 is 21.8 Å². The van der Waals surface area contributed by atoms with Crippen molar-refractivity contribution in [3.8, 4) is 34.0 Å². The number of alkyl halides is 6. The molecule has 4 aromatic carbocycles. The number of pyridine rings is 1. The number of hydrogen-bond donors (Lipinski definition) is 0. The molecule has 0 saturated heterocycles. The Labute approximate surface area is 229 Å². The highest BCUT2D eigenvalue weighted by atomic mass is 19.4. The SMILES string of the molecule is N#Cc1ccc(-n2c3ccccc3c3cccc(-c4cc(C(F)(F)F)cc(C(F)(F)F)c4)c32)cc1-c1ccncc1. The van der Waals surface area contributed by atoms with Crippen LogP contribution in [0.1, 0.15) is 16.7 Å². The van der Waals surface area contributed by atoms with Gasteiger partial charge in [0.25, 0.3) is 0 Å². The molecule has 0 amide bonds. The third kappa shape index (κ3) is 4.57. The summed E-state index contributed by atoms with van der Waals surface area (Å²) in [6, 6.07) is 24.6. The molecular formula is C32H17F6N3. The van der Waals surface area contributed by atoms with Crippen LogP contribution < -0.4 is 0 Å². The van der Waals surface area contributed by atoms with E-state index in [4.69, 9.17) is 0 Å². The maximum Gasteiger partial charge on any atom is 0.416 e. The van der Waals surface area contributed by atoms with Crippen molar-refractivity contribution in [3.63, 3.8) is 0 Å². The number of rotatable bonds is 3. The van der Waals surface area contributed by atoms with Crippen molar-refractivity contribution in [2.24, 2.45) is 0 Å². The topological polar surface area (TPSA) is 41.6 Å². The lowest BCUT2D eigenvalue weighted by Crippen LogP contribution is -2.11. The molecule has 0 aliphatic heterocycles. The number of hydrogen-bond acceptors (Lipinski definition) is 2. The summed E-state index contributed by atoms with van der Waals surface area (Å²) >= 11 is 0. The van der Waals surface area contributed by atoms with Crippen LogP contribution >= 0.6 is 0 Å². The fourth-order valence-corrected chi connectivity index (χ4v) is 5.17. The summed E-state index contributed by atoms with van der Waals surface area (Å²) in [5.74, 6) is 0. The predicted octanol–water partition coefficient (Wildman–Crippen LogP) is 9.42. The Bertz CT molecular complexity index is 1950. The third-order valence-electron chi connectivity index (χ3n) is 6.97. The highest BCUT2D eigenvalue weighted by Gasteiger charge is 2.37. The zero-order valence-electron chi connectivity index (χ0n) is 20.9. The van der Waals surface area contributed by atoms with Gasteiger partial charge < -0.3 is 4.57 Å². The predicted molar refractivity (Wildman–Crippen MR) is 144 cm³/mol.